The van der Waals surface area contributed by atoms with Gasteiger partial charge in [-0.05, 0) is 54.4 Å². The van der Waals surface area contributed by atoms with Crippen LogP contribution in [0.4, 0.5) is 0 Å². The fraction of sp³-hybridized carbons (Fsp3) is 0.273. The standard InChI is InChI=1S/C22H24ClNO3/c1-17-5-2-8-21(11-17)27-16-20(25)14-24(15-22-9-4-10-26-22)13-18-6-3-7-19(23)12-18/h2-12,20,25H,13-16H2,1H3. The maximum absolute atomic E-state index is 10.5. The van der Waals surface area contributed by atoms with Crippen molar-refractivity contribution in [1.29, 1.82) is 0 Å². The molecule has 1 unspecified atom stereocenters. The van der Waals surface area contributed by atoms with Gasteiger partial charge in [-0.25, -0.2) is 0 Å². The molecule has 1 aromatic heterocycles. The molecule has 0 aliphatic rings. The Morgan fingerprint density at radius 1 is 1.07 bits per heavy atom. The zero-order chi connectivity index (χ0) is 19.1. The highest BCUT2D eigenvalue weighted by atomic mass is 35.5. The van der Waals surface area contributed by atoms with Gasteiger partial charge in [-0.3, -0.25) is 4.90 Å². The van der Waals surface area contributed by atoms with Crippen molar-refractivity contribution >= 4 is 11.6 Å². The monoisotopic (exact) mass is 385 g/mol. The lowest BCUT2D eigenvalue weighted by molar-refractivity contribution is 0.0604. The van der Waals surface area contributed by atoms with Gasteiger partial charge in [-0.2, -0.15) is 0 Å². The van der Waals surface area contributed by atoms with Crippen LogP contribution in [0, 0.1) is 6.92 Å². The Balaban J connectivity index is 1.61. The Kier molecular flexibility index (Phi) is 6.93. The van der Waals surface area contributed by atoms with Gasteiger partial charge in [0.25, 0.3) is 0 Å². The number of hydrogen-bond acceptors (Lipinski definition) is 4. The summed E-state index contributed by atoms with van der Waals surface area (Å²) in [7, 11) is 0. The van der Waals surface area contributed by atoms with E-state index in [1.54, 1.807) is 6.26 Å². The van der Waals surface area contributed by atoms with Crippen LogP contribution in [-0.4, -0.2) is 29.3 Å². The van der Waals surface area contributed by atoms with Crippen molar-refractivity contribution < 1.29 is 14.3 Å². The molecule has 0 aliphatic heterocycles. The number of rotatable bonds is 9. The molecule has 5 heteroatoms. The lowest BCUT2D eigenvalue weighted by atomic mass is 10.2. The normalized spacial score (nSPS) is 12.3. The van der Waals surface area contributed by atoms with E-state index < -0.39 is 6.10 Å². The Labute approximate surface area is 165 Å². The second-order valence-corrected chi connectivity index (χ2v) is 7.10. The number of hydrogen-bond donors (Lipinski definition) is 1. The molecular weight excluding hydrogens is 362 g/mol. The molecule has 1 heterocycles. The van der Waals surface area contributed by atoms with Gasteiger partial charge in [0.15, 0.2) is 0 Å². The first-order valence-electron chi connectivity index (χ1n) is 8.95. The average molecular weight is 386 g/mol. The molecule has 0 bridgehead atoms. The van der Waals surface area contributed by atoms with Crippen LogP contribution >= 0.6 is 11.6 Å². The third-order valence-corrected chi connectivity index (χ3v) is 4.39. The average Bonchev–Trinajstić information content (AvgIpc) is 3.13. The van der Waals surface area contributed by atoms with Crippen LogP contribution in [0.15, 0.2) is 71.3 Å². The molecule has 1 N–H and O–H groups in total. The molecule has 0 fully saturated rings. The molecule has 0 radical (unpaired) electrons. The number of ether oxygens (including phenoxy) is 1. The predicted octanol–water partition coefficient (Wildman–Crippen LogP) is 4.68. The number of aliphatic hydroxyl groups is 1. The lowest BCUT2D eigenvalue weighted by Crippen LogP contribution is -2.35. The van der Waals surface area contributed by atoms with Crippen molar-refractivity contribution in [2.24, 2.45) is 0 Å². The van der Waals surface area contributed by atoms with Crippen molar-refractivity contribution in [3.05, 3.63) is 88.8 Å². The smallest absolute Gasteiger partial charge is 0.119 e. The molecule has 0 saturated carbocycles. The molecule has 0 saturated heterocycles. The maximum atomic E-state index is 10.5. The summed E-state index contributed by atoms with van der Waals surface area (Å²) in [6, 6.07) is 19.4. The minimum absolute atomic E-state index is 0.230. The fourth-order valence-corrected chi connectivity index (χ4v) is 3.16. The van der Waals surface area contributed by atoms with E-state index in [0.717, 1.165) is 22.6 Å². The van der Waals surface area contributed by atoms with Crippen molar-refractivity contribution in [2.75, 3.05) is 13.2 Å². The van der Waals surface area contributed by atoms with E-state index in [2.05, 4.69) is 4.90 Å². The summed E-state index contributed by atoms with van der Waals surface area (Å²) >= 11 is 6.10. The number of furan rings is 1. The molecule has 1 atom stereocenters. The topological polar surface area (TPSA) is 45.8 Å². The highest BCUT2D eigenvalue weighted by Crippen LogP contribution is 2.16. The van der Waals surface area contributed by atoms with Gasteiger partial charge in [-0.15, -0.1) is 0 Å². The van der Waals surface area contributed by atoms with Crippen LogP contribution in [0.25, 0.3) is 0 Å². The Bertz CT molecular complexity index is 835. The molecule has 142 valence electrons. The maximum Gasteiger partial charge on any atom is 0.119 e. The molecule has 0 aliphatic carbocycles. The third kappa shape index (κ3) is 6.43. The number of halogens is 1. The Hall–Kier alpha value is -2.27. The van der Waals surface area contributed by atoms with E-state index in [9.17, 15) is 5.11 Å². The number of nitrogens with zero attached hydrogens (tertiary/aromatic N) is 1. The summed E-state index contributed by atoms with van der Waals surface area (Å²) < 4.78 is 11.2. The zero-order valence-electron chi connectivity index (χ0n) is 15.3. The Morgan fingerprint density at radius 2 is 1.93 bits per heavy atom. The quantitative estimate of drug-likeness (QED) is 0.580. The van der Waals surface area contributed by atoms with Gasteiger partial charge in [0.1, 0.15) is 24.2 Å². The second kappa shape index (κ2) is 9.60. The van der Waals surface area contributed by atoms with E-state index in [-0.39, 0.29) is 6.61 Å². The largest absolute Gasteiger partial charge is 0.491 e. The fourth-order valence-electron chi connectivity index (χ4n) is 2.95. The van der Waals surface area contributed by atoms with Crippen LogP contribution in [0.1, 0.15) is 16.9 Å². The van der Waals surface area contributed by atoms with Crippen LogP contribution in [0.5, 0.6) is 5.75 Å². The highest BCUT2D eigenvalue weighted by molar-refractivity contribution is 6.30. The first-order valence-corrected chi connectivity index (χ1v) is 9.33. The zero-order valence-corrected chi connectivity index (χ0v) is 16.1. The predicted molar refractivity (Wildman–Crippen MR) is 107 cm³/mol. The van der Waals surface area contributed by atoms with Gasteiger partial charge >= 0.3 is 0 Å². The van der Waals surface area contributed by atoms with Crippen LogP contribution in [0.2, 0.25) is 5.02 Å². The second-order valence-electron chi connectivity index (χ2n) is 6.66. The van der Waals surface area contributed by atoms with Gasteiger partial charge in [-0.1, -0.05) is 35.9 Å². The number of aliphatic hydroxyl groups excluding tert-OH is 1. The summed E-state index contributed by atoms with van der Waals surface area (Å²) in [4.78, 5) is 2.12. The van der Waals surface area contributed by atoms with Gasteiger partial charge in [0, 0.05) is 18.1 Å². The molecular formula is C22H24ClNO3. The van der Waals surface area contributed by atoms with E-state index >= 15 is 0 Å². The van der Waals surface area contributed by atoms with Crippen molar-refractivity contribution in [3.63, 3.8) is 0 Å². The summed E-state index contributed by atoms with van der Waals surface area (Å²) in [6.45, 7) is 3.95. The minimum atomic E-state index is -0.625. The highest BCUT2D eigenvalue weighted by Gasteiger charge is 2.15. The third-order valence-electron chi connectivity index (χ3n) is 4.16. The van der Waals surface area contributed by atoms with Gasteiger partial charge in [0.05, 0.1) is 12.8 Å². The van der Waals surface area contributed by atoms with Crippen molar-refractivity contribution in [1.82, 2.24) is 4.90 Å². The molecule has 3 aromatic rings. The molecule has 3 rings (SSSR count). The molecule has 0 spiro atoms. The van der Waals surface area contributed by atoms with E-state index in [4.69, 9.17) is 20.8 Å². The first-order chi connectivity index (χ1) is 13.1. The lowest BCUT2D eigenvalue weighted by Gasteiger charge is -2.24. The van der Waals surface area contributed by atoms with Crippen molar-refractivity contribution in [3.8, 4) is 5.75 Å². The Morgan fingerprint density at radius 3 is 2.67 bits per heavy atom. The molecule has 0 amide bonds. The number of benzene rings is 2. The molecule has 4 nitrogen and oxygen atoms in total. The van der Waals surface area contributed by atoms with Crippen LogP contribution < -0.4 is 4.74 Å². The molecule has 27 heavy (non-hydrogen) atoms. The van der Waals surface area contributed by atoms with Crippen LogP contribution in [0.3, 0.4) is 0 Å². The SMILES string of the molecule is Cc1cccc(OCC(O)CN(Cc2cccc(Cl)c2)Cc2ccco2)c1. The summed E-state index contributed by atoms with van der Waals surface area (Å²) in [5.41, 5.74) is 2.21. The summed E-state index contributed by atoms with van der Waals surface area (Å²) in [5, 5.41) is 11.2. The van der Waals surface area contributed by atoms with Gasteiger partial charge < -0.3 is 14.3 Å². The molecule has 2 aromatic carbocycles. The van der Waals surface area contributed by atoms with E-state index in [1.165, 1.54) is 0 Å². The van der Waals surface area contributed by atoms with E-state index in [1.807, 2.05) is 67.6 Å². The summed E-state index contributed by atoms with van der Waals surface area (Å²) in [6.07, 6.45) is 1.03. The van der Waals surface area contributed by atoms with E-state index in [0.29, 0.717) is 24.7 Å². The summed E-state index contributed by atoms with van der Waals surface area (Å²) in [5.74, 6) is 1.62. The first kappa shape index (κ1) is 19.5. The number of aryl methyl sites for hydroxylation is 1. The van der Waals surface area contributed by atoms with Gasteiger partial charge in [0.2, 0.25) is 0 Å². The van der Waals surface area contributed by atoms with Crippen molar-refractivity contribution in [2.45, 2.75) is 26.1 Å². The van der Waals surface area contributed by atoms with Crippen LogP contribution in [-0.2, 0) is 13.1 Å². The minimum Gasteiger partial charge on any atom is -0.491 e.